The van der Waals surface area contributed by atoms with Crippen LogP contribution in [0.4, 0.5) is 0 Å². The zero-order valence-corrected chi connectivity index (χ0v) is 31.5. The standard InChI is InChI=1S/C55H35N3/c1-3-15-36(16-4-1)40-19-13-21-42(33-40)51-35-50(38-17-5-2-6-18-38)57-55(58-51)43-22-14-20-41(34-43)37-29-31-39(32-30-37)54-53-47-26-10-8-24-45(47)44-23-7-9-25-46(44)52(53)48-27-11-12-28-49(48)56-54/h1-35H. The van der Waals surface area contributed by atoms with Crippen LogP contribution in [0.3, 0.4) is 0 Å². The van der Waals surface area contributed by atoms with Crippen LogP contribution < -0.4 is 0 Å². The van der Waals surface area contributed by atoms with Crippen molar-refractivity contribution in [1.29, 1.82) is 0 Å². The Balaban J connectivity index is 1.02. The van der Waals surface area contributed by atoms with E-state index < -0.39 is 0 Å². The minimum Gasteiger partial charge on any atom is -0.247 e. The normalized spacial score (nSPS) is 11.4. The Morgan fingerprint density at radius 1 is 0.241 bits per heavy atom. The smallest absolute Gasteiger partial charge is 0.160 e. The first kappa shape index (κ1) is 33.6. The lowest BCUT2D eigenvalue weighted by atomic mass is 9.89. The highest BCUT2D eigenvalue weighted by atomic mass is 14.9. The third-order valence-corrected chi connectivity index (χ3v) is 11.2. The molecule has 0 N–H and O–H groups in total. The van der Waals surface area contributed by atoms with Crippen molar-refractivity contribution in [3.63, 3.8) is 0 Å². The Morgan fingerprint density at radius 2 is 0.690 bits per heavy atom. The Labute approximate surface area is 336 Å². The van der Waals surface area contributed by atoms with Crippen LogP contribution >= 0.6 is 0 Å². The average Bonchev–Trinajstić information content (AvgIpc) is 3.31. The number of aromatic nitrogens is 3. The van der Waals surface area contributed by atoms with Crippen molar-refractivity contribution in [2.45, 2.75) is 0 Å². The van der Waals surface area contributed by atoms with Crippen molar-refractivity contribution in [1.82, 2.24) is 15.0 Å². The lowest BCUT2D eigenvalue weighted by Crippen LogP contribution is -1.96. The molecule has 3 heteroatoms. The Bertz CT molecular complexity index is 3320. The summed E-state index contributed by atoms with van der Waals surface area (Å²) in [6, 6.07) is 75.0. The number of fused-ring (bicyclic) bond motifs is 8. The van der Waals surface area contributed by atoms with Gasteiger partial charge in [0.05, 0.1) is 22.6 Å². The summed E-state index contributed by atoms with van der Waals surface area (Å²) >= 11 is 0. The summed E-state index contributed by atoms with van der Waals surface area (Å²) in [7, 11) is 0. The van der Waals surface area contributed by atoms with Gasteiger partial charge in [0.25, 0.3) is 0 Å². The van der Waals surface area contributed by atoms with Crippen LogP contribution in [0.5, 0.6) is 0 Å². The van der Waals surface area contributed by atoms with Gasteiger partial charge in [0.1, 0.15) is 0 Å². The number of pyridine rings is 1. The van der Waals surface area contributed by atoms with E-state index in [4.69, 9.17) is 15.0 Å². The van der Waals surface area contributed by atoms with Crippen LogP contribution in [0.15, 0.2) is 212 Å². The molecule has 2 heterocycles. The fourth-order valence-electron chi connectivity index (χ4n) is 8.46. The molecule has 11 aromatic rings. The zero-order chi connectivity index (χ0) is 38.4. The van der Waals surface area contributed by atoms with Crippen molar-refractivity contribution >= 4 is 43.2 Å². The van der Waals surface area contributed by atoms with Gasteiger partial charge in [-0.15, -0.1) is 0 Å². The summed E-state index contributed by atoms with van der Waals surface area (Å²) in [6.45, 7) is 0. The van der Waals surface area contributed by atoms with Gasteiger partial charge in [0, 0.05) is 38.4 Å². The van der Waals surface area contributed by atoms with Crippen molar-refractivity contribution < 1.29 is 0 Å². The molecule has 0 aliphatic carbocycles. The van der Waals surface area contributed by atoms with Crippen LogP contribution in [-0.4, -0.2) is 15.0 Å². The first-order valence-corrected chi connectivity index (χ1v) is 19.7. The molecular weight excluding hydrogens is 703 g/mol. The molecule has 3 nitrogen and oxygen atoms in total. The van der Waals surface area contributed by atoms with Gasteiger partial charge in [-0.25, -0.2) is 15.0 Å². The third-order valence-electron chi connectivity index (χ3n) is 11.2. The van der Waals surface area contributed by atoms with E-state index in [-0.39, 0.29) is 0 Å². The van der Waals surface area contributed by atoms with Gasteiger partial charge in [-0.1, -0.05) is 188 Å². The molecule has 11 rings (SSSR count). The molecule has 0 saturated heterocycles. The molecule has 0 atom stereocenters. The molecule has 0 bridgehead atoms. The van der Waals surface area contributed by atoms with E-state index in [0.29, 0.717) is 5.82 Å². The van der Waals surface area contributed by atoms with Crippen molar-refractivity contribution in [2.24, 2.45) is 0 Å². The Kier molecular flexibility index (Phi) is 8.15. The summed E-state index contributed by atoms with van der Waals surface area (Å²) in [4.78, 5) is 15.7. The molecular formula is C55H35N3. The summed E-state index contributed by atoms with van der Waals surface area (Å²) < 4.78 is 0. The van der Waals surface area contributed by atoms with E-state index in [2.05, 4.69) is 200 Å². The maximum atomic E-state index is 5.36. The van der Waals surface area contributed by atoms with Gasteiger partial charge >= 0.3 is 0 Å². The molecule has 0 aliphatic rings. The second-order valence-electron chi connectivity index (χ2n) is 14.8. The Morgan fingerprint density at radius 3 is 1.36 bits per heavy atom. The monoisotopic (exact) mass is 737 g/mol. The van der Waals surface area contributed by atoms with Crippen molar-refractivity contribution in [2.75, 3.05) is 0 Å². The molecule has 0 fully saturated rings. The summed E-state index contributed by atoms with van der Waals surface area (Å²) in [5.41, 5.74) is 12.4. The van der Waals surface area contributed by atoms with Gasteiger partial charge in [-0.3, -0.25) is 0 Å². The highest BCUT2D eigenvalue weighted by Crippen LogP contribution is 2.43. The SMILES string of the molecule is c1ccc(-c2cccc(-c3cc(-c4ccccc4)nc(-c4cccc(-c5ccc(-c6nc7ccccc7c7c8ccccc8c8ccccc8c67)cc5)c4)n3)c2)cc1. The number of hydrogen-bond acceptors (Lipinski definition) is 3. The minimum absolute atomic E-state index is 0.686. The second-order valence-corrected chi connectivity index (χ2v) is 14.8. The highest BCUT2D eigenvalue weighted by molar-refractivity contribution is 6.33. The van der Waals surface area contributed by atoms with E-state index in [1.165, 1.54) is 43.3 Å². The molecule has 0 unspecified atom stereocenters. The van der Waals surface area contributed by atoms with E-state index in [1.54, 1.807) is 0 Å². The molecule has 0 spiro atoms. The number of rotatable bonds is 6. The van der Waals surface area contributed by atoms with Crippen molar-refractivity contribution in [3.05, 3.63) is 212 Å². The van der Waals surface area contributed by atoms with E-state index in [1.807, 2.05) is 12.1 Å². The molecule has 58 heavy (non-hydrogen) atoms. The van der Waals surface area contributed by atoms with Crippen LogP contribution in [-0.2, 0) is 0 Å². The first-order chi connectivity index (χ1) is 28.7. The molecule has 0 amide bonds. The van der Waals surface area contributed by atoms with Gasteiger partial charge in [-0.2, -0.15) is 0 Å². The fourth-order valence-corrected chi connectivity index (χ4v) is 8.46. The van der Waals surface area contributed by atoms with Crippen LogP contribution in [0.2, 0.25) is 0 Å². The molecule has 0 radical (unpaired) electrons. The predicted octanol–water partition coefficient (Wildman–Crippen LogP) is 14.5. The van der Waals surface area contributed by atoms with E-state index in [9.17, 15) is 0 Å². The van der Waals surface area contributed by atoms with Crippen LogP contribution in [0.25, 0.3) is 111 Å². The van der Waals surface area contributed by atoms with Crippen LogP contribution in [0, 0.1) is 0 Å². The quantitative estimate of drug-likeness (QED) is 0.160. The third kappa shape index (κ3) is 5.89. The van der Waals surface area contributed by atoms with E-state index in [0.717, 1.165) is 61.5 Å². The topological polar surface area (TPSA) is 38.7 Å². The second kappa shape index (κ2) is 14.1. The summed E-state index contributed by atoms with van der Waals surface area (Å²) in [5.74, 6) is 0.686. The predicted molar refractivity (Wildman–Crippen MR) is 242 cm³/mol. The zero-order valence-electron chi connectivity index (χ0n) is 31.5. The first-order valence-electron chi connectivity index (χ1n) is 19.7. The molecule has 9 aromatic carbocycles. The Hall–Kier alpha value is -7.75. The number of nitrogens with zero attached hydrogens (tertiary/aromatic N) is 3. The van der Waals surface area contributed by atoms with Crippen LogP contribution in [0.1, 0.15) is 0 Å². The number of hydrogen-bond donors (Lipinski definition) is 0. The molecule has 0 aliphatic heterocycles. The van der Waals surface area contributed by atoms with Gasteiger partial charge < -0.3 is 0 Å². The van der Waals surface area contributed by atoms with Crippen molar-refractivity contribution in [3.8, 4) is 67.4 Å². The maximum Gasteiger partial charge on any atom is 0.160 e. The molecule has 0 saturated carbocycles. The minimum atomic E-state index is 0.686. The lowest BCUT2D eigenvalue weighted by molar-refractivity contribution is 1.18. The van der Waals surface area contributed by atoms with Gasteiger partial charge in [-0.05, 0) is 68.1 Å². The lowest BCUT2D eigenvalue weighted by Gasteiger charge is -2.16. The fraction of sp³-hybridized carbons (Fsp3) is 0. The average molecular weight is 738 g/mol. The summed E-state index contributed by atoms with van der Waals surface area (Å²) in [5, 5.41) is 8.55. The number of benzene rings is 9. The largest absolute Gasteiger partial charge is 0.247 e. The van der Waals surface area contributed by atoms with Gasteiger partial charge in [0.2, 0.25) is 0 Å². The van der Waals surface area contributed by atoms with E-state index >= 15 is 0 Å². The van der Waals surface area contributed by atoms with Gasteiger partial charge in [0.15, 0.2) is 5.82 Å². The molecule has 270 valence electrons. The highest BCUT2D eigenvalue weighted by Gasteiger charge is 2.18. The molecule has 2 aromatic heterocycles. The maximum absolute atomic E-state index is 5.36. The number of para-hydroxylation sites is 1. The summed E-state index contributed by atoms with van der Waals surface area (Å²) in [6.07, 6.45) is 0.